The molecule has 1 saturated carbocycles. The normalized spacial score (nSPS) is 17.4. The van der Waals surface area contributed by atoms with E-state index in [4.69, 9.17) is 9.47 Å². The highest BCUT2D eigenvalue weighted by Crippen LogP contribution is 2.43. The molecule has 30 heavy (non-hydrogen) atoms. The summed E-state index contributed by atoms with van der Waals surface area (Å²) in [5, 5.41) is 9.36. The number of alkyl halides is 1. The standard InChI is InChI=1S/C20H33FN2O7/c1-12(14(24)22(7)13(15(25)26)11-19(5,6)21)29-16(27)20(9-10-20)23(8)17(28)30-18(2,3)4/h12-13H,9-11H2,1-8H3,(H,25,26). The summed E-state index contributed by atoms with van der Waals surface area (Å²) >= 11 is 0. The Labute approximate surface area is 176 Å². The largest absolute Gasteiger partial charge is 0.480 e. The Balaban J connectivity index is 2.84. The zero-order valence-corrected chi connectivity index (χ0v) is 18.9. The maximum atomic E-state index is 13.9. The third kappa shape index (κ3) is 6.56. The highest BCUT2D eigenvalue weighted by atomic mass is 19.1. The number of carbonyl (C=O) groups excluding carboxylic acids is 3. The molecule has 1 aliphatic carbocycles. The minimum atomic E-state index is -1.81. The first-order chi connectivity index (χ1) is 13.4. The number of carboxylic acids is 1. The van der Waals surface area contributed by atoms with E-state index in [1.54, 1.807) is 20.8 Å². The van der Waals surface area contributed by atoms with E-state index in [9.17, 15) is 28.7 Å². The van der Waals surface area contributed by atoms with Crippen molar-refractivity contribution in [2.75, 3.05) is 14.1 Å². The molecule has 0 bridgehead atoms. The van der Waals surface area contributed by atoms with Gasteiger partial charge in [0.1, 0.15) is 22.9 Å². The summed E-state index contributed by atoms with van der Waals surface area (Å²) in [4.78, 5) is 51.1. The van der Waals surface area contributed by atoms with Gasteiger partial charge < -0.3 is 19.5 Å². The van der Waals surface area contributed by atoms with Crippen LogP contribution in [0.2, 0.25) is 0 Å². The van der Waals surface area contributed by atoms with Crippen LogP contribution < -0.4 is 0 Å². The van der Waals surface area contributed by atoms with Crippen molar-refractivity contribution in [3.05, 3.63) is 0 Å². The lowest BCUT2D eigenvalue weighted by molar-refractivity contribution is -0.166. The van der Waals surface area contributed by atoms with Gasteiger partial charge in [0.05, 0.1) is 0 Å². The van der Waals surface area contributed by atoms with E-state index in [2.05, 4.69) is 0 Å². The molecule has 0 saturated heterocycles. The fraction of sp³-hybridized carbons (Fsp3) is 0.800. The van der Waals surface area contributed by atoms with E-state index in [0.29, 0.717) is 12.8 Å². The number of nitrogens with zero attached hydrogens (tertiary/aromatic N) is 2. The SMILES string of the molecule is CC(OC(=O)C1(N(C)C(=O)OC(C)(C)C)CC1)C(=O)N(C)C(CC(C)(C)F)C(=O)O. The Morgan fingerprint density at radius 1 is 1.10 bits per heavy atom. The van der Waals surface area contributed by atoms with Crippen molar-refractivity contribution < 1.29 is 38.1 Å². The van der Waals surface area contributed by atoms with Gasteiger partial charge in [0.2, 0.25) is 0 Å². The van der Waals surface area contributed by atoms with Crippen LogP contribution in [0.5, 0.6) is 0 Å². The molecule has 0 aromatic carbocycles. The Bertz CT molecular complexity index is 692. The molecule has 1 aliphatic rings. The van der Waals surface area contributed by atoms with Gasteiger partial charge in [0.15, 0.2) is 6.10 Å². The second-order valence-corrected chi connectivity index (χ2v) is 9.34. The van der Waals surface area contributed by atoms with Crippen LogP contribution in [0, 0.1) is 0 Å². The van der Waals surface area contributed by atoms with Gasteiger partial charge in [-0.15, -0.1) is 0 Å². The predicted molar refractivity (Wildman–Crippen MR) is 106 cm³/mol. The number of carboxylic acid groups (broad SMARTS) is 1. The smallest absolute Gasteiger partial charge is 0.410 e. The molecule has 2 atom stereocenters. The van der Waals surface area contributed by atoms with Gasteiger partial charge in [-0.3, -0.25) is 9.69 Å². The van der Waals surface area contributed by atoms with Crippen molar-refractivity contribution in [1.82, 2.24) is 9.80 Å². The zero-order chi connectivity index (χ0) is 23.7. The Kier molecular flexibility index (Phi) is 7.50. The number of halogens is 1. The van der Waals surface area contributed by atoms with Crippen LogP contribution in [-0.2, 0) is 23.9 Å². The number of esters is 1. The van der Waals surface area contributed by atoms with Crippen molar-refractivity contribution in [3.8, 4) is 0 Å². The monoisotopic (exact) mass is 432 g/mol. The quantitative estimate of drug-likeness (QED) is 0.586. The number of carbonyl (C=O) groups is 4. The Morgan fingerprint density at radius 3 is 1.97 bits per heavy atom. The molecule has 0 aliphatic heterocycles. The molecule has 0 spiro atoms. The third-order valence-corrected chi connectivity index (χ3v) is 4.82. The second kappa shape index (κ2) is 8.77. The molecule has 2 unspecified atom stereocenters. The molecule has 0 aromatic rings. The van der Waals surface area contributed by atoms with Crippen molar-refractivity contribution in [1.29, 1.82) is 0 Å². The van der Waals surface area contributed by atoms with Crippen molar-refractivity contribution in [3.63, 3.8) is 0 Å². The summed E-state index contributed by atoms with van der Waals surface area (Å²) in [7, 11) is 2.64. The molecule has 0 aromatic heterocycles. The lowest BCUT2D eigenvalue weighted by atomic mass is 9.99. The molecule has 0 heterocycles. The Morgan fingerprint density at radius 2 is 1.60 bits per heavy atom. The van der Waals surface area contributed by atoms with Gasteiger partial charge in [0, 0.05) is 20.5 Å². The van der Waals surface area contributed by atoms with Crippen LogP contribution in [0.4, 0.5) is 9.18 Å². The van der Waals surface area contributed by atoms with Crippen LogP contribution in [0.1, 0.15) is 60.8 Å². The molecule has 0 radical (unpaired) electrons. The van der Waals surface area contributed by atoms with Gasteiger partial charge in [0.25, 0.3) is 5.91 Å². The Hall–Kier alpha value is -2.39. The second-order valence-electron chi connectivity index (χ2n) is 9.34. The van der Waals surface area contributed by atoms with Gasteiger partial charge in [-0.25, -0.2) is 18.8 Å². The first-order valence-electron chi connectivity index (χ1n) is 9.77. The van der Waals surface area contributed by atoms with Crippen molar-refractivity contribution in [2.45, 2.75) is 89.8 Å². The number of ether oxygens (including phenoxy) is 2. The highest BCUT2D eigenvalue weighted by Gasteiger charge is 2.58. The van der Waals surface area contributed by atoms with Crippen LogP contribution in [0.15, 0.2) is 0 Å². The molecule has 172 valence electrons. The van der Waals surface area contributed by atoms with Gasteiger partial charge >= 0.3 is 18.0 Å². The molecular weight excluding hydrogens is 399 g/mol. The third-order valence-electron chi connectivity index (χ3n) is 4.82. The average Bonchev–Trinajstić information content (AvgIpc) is 3.36. The molecule has 2 amide bonds. The minimum Gasteiger partial charge on any atom is -0.480 e. The molecule has 1 N–H and O–H groups in total. The lowest BCUT2D eigenvalue weighted by Crippen LogP contribution is -2.51. The fourth-order valence-electron chi connectivity index (χ4n) is 2.91. The highest BCUT2D eigenvalue weighted by molar-refractivity contribution is 5.92. The summed E-state index contributed by atoms with van der Waals surface area (Å²) in [6, 6.07) is -1.42. The first-order valence-corrected chi connectivity index (χ1v) is 9.77. The minimum absolute atomic E-state index is 0.353. The van der Waals surface area contributed by atoms with E-state index in [1.165, 1.54) is 34.9 Å². The van der Waals surface area contributed by atoms with Gasteiger partial charge in [-0.05, 0) is 54.4 Å². The number of rotatable bonds is 8. The van der Waals surface area contributed by atoms with Crippen molar-refractivity contribution in [2.24, 2.45) is 0 Å². The molecular formula is C20H33FN2O7. The number of amides is 2. The van der Waals surface area contributed by atoms with Crippen LogP contribution in [0.25, 0.3) is 0 Å². The lowest BCUT2D eigenvalue weighted by Gasteiger charge is -2.32. The number of hydrogen-bond acceptors (Lipinski definition) is 6. The van der Waals surface area contributed by atoms with Crippen LogP contribution in [0.3, 0.4) is 0 Å². The maximum absolute atomic E-state index is 13.9. The molecule has 1 fully saturated rings. The number of aliphatic carboxylic acids is 1. The number of hydrogen-bond donors (Lipinski definition) is 1. The zero-order valence-electron chi connectivity index (χ0n) is 18.9. The van der Waals surface area contributed by atoms with Crippen LogP contribution >= 0.6 is 0 Å². The maximum Gasteiger partial charge on any atom is 0.410 e. The topological polar surface area (TPSA) is 113 Å². The van der Waals surface area contributed by atoms with E-state index >= 15 is 0 Å². The van der Waals surface area contributed by atoms with Crippen LogP contribution in [-0.4, -0.2) is 81.9 Å². The fourth-order valence-corrected chi connectivity index (χ4v) is 2.91. The molecule has 1 rings (SSSR count). The van der Waals surface area contributed by atoms with E-state index in [-0.39, 0.29) is 0 Å². The summed E-state index contributed by atoms with van der Waals surface area (Å²) in [5.74, 6) is -2.92. The first kappa shape index (κ1) is 25.6. The average molecular weight is 432 g/mol. The van der Waals surface area contributed by atoms with Gasteiger partial charge in [-0.2, -0.15) is 0 Å². The summed E-state index contributed by atoms with van der Waals surface area (Å²) in [5.41, 5.74) is -3.78. The number of likely N-dealkylation sites (N-methyl/N-ethyl adjacent to an activating group) is 2. The van der Waals surface area contributed by atoms with Gasteiger partial charge in [-0.1, -0.05) is 0 Å². The summed E-state index contributed by atoms with van der Waals surface area (Å²) < 4.78 is 24.5. The van der Waals surface area contributed by atoms with E-state index < -0.39 is 59.3 Å². The van der Waals surface area contributed by atoms with E-state index in [1.807, 2.05) is 0 Å². The summed E-state index contributed by atoms with van der Waals surface area (Å²) in [6.07, 6.45) is -1.71. The summed E-state index contributed by atoms with van der Waals surface area (Å²) in [6.45, 7) is 8.84. The van der Waals surface area contributed by atoms with E-state index in [0.717, 1.165) is 9.80 Å². The molecule has 9 nitrogen and oxygen atoms in total. The van der Waals surface area contributed by atoms with Crippen molar-refractivity contribution >= 4 is 23.9 Å². The predicted octanol–water partition coefficient (Wildman–Crippen LogP) is 2.37. The molecule has 10 heteroatoms.